The Morgan fingerprint density at radius 2 is 2.00 bits per heavy atom. The molecule has 0 atom stereocenters. The number of fused-ring (bicyclic) bond motifs is 3. The van der Waals surface area contributed by atoms with Crippen molar-refractivity contribution in [3.05, 3.63) is 65.9 Å². The molecule has 0 saturated heterocycles. The molecule has 7 nitrogen and oxygen atoms in total. The van der Waals surface area contributed by atoms with Crippen LogP contribution in [0.15, 0.2) is 54.6 Å². The first-order valence-corrected chi connectivity index (χ1v) is 8.20. The lowest BCUT2D eigenvalue weighted by atomic mass is 10.2. The second-order valence-corrected chi connectivity index (χ2v) is 5.60. The van der Waals surface area contributed by atoms with E-state index in [4.69, 9.17) is 15.6 Å². The monoisotopic (exact) mass is 349 g/mol. The van der Waals surface area contributed by atoms with E-state index in [0.717, 1.165) is 6.34 Å². The van der Waals surface area contributed by atoms with Gasteiger partial charge in [0.2, 0.25) is 0 Å². The number of anilines is 1. The van der Waals surface area contributed by atoms with E-state index in [1.54, 1.807) is 36.4 Å². The highest BCUT2D eigenvalue weighted by Gasteiger charge is 2.15. The zero-order valence-corrected chi connectivity index (χ0v) is 14.1. The van der Waals surface area contributed by atoms with E-state index in [0.29, 0.717) is 42.4 Å². The van der Waals surface area contributed by atoms with Gasteiger partial charge in [-0.2, -0.15) is 0 Å². The number of amides is 1. The first-order valence-electron chi connectivity index (χ1n) is 8.20. The molecular weight excluding hydrogens is 330 g/mol. The predicted molar refractivity (Wildman–Crippen MR) is 100 cm³/mol. The van der Waals surface area contributed by atoms with Crippen LogP contribution in [0.5, 0.6) is 5.75 Å². The molecule has 132 valence electrons. The zero-order chi connectivity index (χ0) is 18.4. The summed E-state index contributed by atoms with van der Waals surface area (Å²) >= 11 is 0. The van der Waals surface area contributed by atoms with Gasteiger partial charge in [-0.1, -0.05) is 30.4 Å². The zero-order valence-electron chi connectivity index (χ0n) is 14.1. The van der Waals surface area contributed by atoms with E-state index in [1.165, 1.54) is 4.90 Å². The number of carbonyl (C=O) groups is 1. The normalized spacial score (nSPS) is 16.4. The molecule has 1 aromatic carbocycles. The number of nitrogens with one attached hydrogen (secondary N) is 3. The first kappa shape index (κ1) is 17.3. The van der Waals surface area contributed by atoms with Crippen molar-refractivity contribution in [1.29, 1.82) is 10.8 Å². The lowest BCUT2D eigenvalue weighted by molar-refractivity contribution is 0.102. The molecule has 2 bridgehead atoms. The van der Waals surface area contributed by atoms with Gasteiger partial charge in [-0.05, 0) is 30.7 Å². The number of nitrogens with zero attached hydrogens (tertiary/aromatic N) is 2. The van der Waals surface area contributed by atoms with Gasteiger partial charge in [-0.15, -0.1) is 0 Å². The molecule has 3 rings (SSSR count). The summed E-state index contributed by atoms with van der Waals surface area (Å²) in [6, 6.07) is 12.1. The summed E-state index contributed by atoms with van der Waals surface area (Å²) in [6.07, 6.45) is 5.54. The number of para-hydroxylation sites is 1. The number of aromatic nitrogens is 1. The van der Waals surface area contributed by atoms with E-state index >= 15 is 0 Å². The van der Waals surface area contributed by atoms with Gasteiger partial charge < -0.3 is 15.0 Å². The third-order valence-electron chi connectivity index (χ3n) is 3.82. The highest BCUT2D eigenvalue weighted by Crippen LogP contribution is 2.20. The van der Waals surface area contributed by atoms with Crippen molar-refractivity contribution < 1.29 is 9.53 Å². The van der Waals surface area contributed by atoms with Crippen LogP contribution in [0.25, 0.3) is 0 Å². The Morgan fingerprint density at radius 3 is 2.85 bits per heavy atom. The average molecular weight is 349 g/mol. The number of pyridine rings is 1. The van der Waals surface area contributed by atoms with Crippen molar-refractivity contribution in [2.45, 2.75) is 6.42 Å². The molecule has 1 aliphatic heterocycles. The molecule has 3 N–H and O–H groups in total. The molecule has 0 aliphatic carbocycles. The minimum atomic E-state index is -0.328. The summed E-state index contributed by atoms with van der Waals surface area (Å²) in [7, 11) is 0. The quantitative estimate of drug-likeness (QED) is 0.418. The third kappa shape index (κ3) is 3.94. The summed E-state index contributed by atoms with van der Waals surface area (Å²) in [5.74, 6) is 0.610. The Bertz CT molecular complexity index is 863. The van der Waals surface area contributed by atoms with Crippen molar-refractivity contribution >= 4 is 23.9 Å². The van der Waals surface area contributed by atoms with Gasteiger partial charge in [-0.25, -0.2) is 4.98 Å². The maximum atomic E-state index is 12.6. The number of rotatable bonds is 1. The van der Waals surface area contributed by atoms with Gasteiger partial charge in [0.1, 0.15) is 17.3 Å². The fraction of sp³-hybridized carbons (Fsp3) is 0.158. The smallest absolute Gasteiger partial charge is 0.260 e. The van der Waals surface area contributed by atoms with Crippen LogP contribution in [0, 0.1) is 10.8 Å². The molecule has 1 amide bonds. The minimum absolute atomic E-state index is 0.0901. The molecule has 26 heavy (non-hydrogen) atoms. The standard InChI is InChI=1S/C19H19N5O2/c20-13-24-11-4-1-5-12-26-16-9-3-2-7-14(16)19(25)23-17-10-6-8-15(22-17)18(24)21/h1-4,6-10,13,20-21H,5,11-12H2,(H,22,23,25)/b4-1+,20-13?,21-18?. The molecule has 2 heterocycles. The van der Waals surface area contributed by atoms with E-state index < -0.39 is 0 Å². The van der Waals surface area contributed by atoms with Crippen LogP contribution < -0.4 is 10.1 Å². The van der Waals surface area contributed by atoms with Crippen LogP contribution in [-0.2, 0) is 0 Å². The Labute approximate surface area is 151 Å². The van der Waals surface area contributed by atoms with Gasteiger partial charge >= 0.3 is 0 Å². The van der Waals surface area contributed by atoms with Crippen LogP contribution in [0.1, 0.15) is 22.5 Å². The lowest BCUT2D eigenvalue weighted by Gasteiger charge is -2.17. The SMILES string of the molecule is N=CN1C/C=C/CCOc2ccccc2C(=O)Nc2cccc(n2)C1=N. The van der Waals surface area contributed by atoms with E-state index in [2.05, 4.69) is 10.3 Å². The van der Waals surface area contributed by atoms with Crippen molar-refractivity contribution in [2.24, 2.45) is 0 Å². The summed E-state index contributed by atoms with van der Waals surface area (Å²) in [5, 5.41) is 18.5. The van der Waals surface area contributed by atoms with Crippen LogP contribution in [-0.4, -0.2) is 41.1 Å². The van der Waals surface area contributed by atoms with E-state index in [1.807, 2.05) is 18.2 Å². The molecule has 0 saturated carbocycles. The Morgan fingerprint density at radius 1 is 1.15 bits per heavy atom. The van der Waals surface area contributed by atoms with Crippen molar-refractivity contribution in [1.82, 2.24) is 9.88 Å². The van der Waals surface area contributed by atoms with Crippen LogP contribution in [0.2, 0.25) is 0 Å². The summed E-state index contributed by atoms with van der Waals surface area (Å²) < 4.78 is 5.73. The number of hydrogen-bond acceptors (Lipinski definition) is 5. The predicted octanol–water partition coefficient (Wildman–Crippen LogP) is 2.91. The largest absolute Gasteiger partial charge is 0.492 e. The van der Waals surface area contributed by atoms with Crippen LogP contribution >= 0.6 is 0 Å². The van der Waals surface area contributed by atoms with Crippen LogP contribution in [0.4, 0.5) is 5.82 Å². The molecule has 0 fully saturated rings. The molecule has 2 aromatic rings. The second kappa shape index (κ2) is 8.06. The minimum Gasteiger partial charge on any atom is -0.492 e. The number of benzene rings is 1. The van der Waals surface area contributed by atoms with Gasteiger partial charge in [0.05, 0.1) is 18.5 Å². The fourth-order valence-electron chi connectivity index (χ4n) is 2.50. The number of amidine groups is 1. The van der Waals surface area contributed by atoms with Crippen LogP contribution in [0.3, 0.4) is 0 Å². The molecule has 1 aliphatic rings. The Hall–Kier alpha value is -3.48. The Balaban J connectivity index is 1.97. The topological polar surface area (TPSA) is 102 Å². The first-order chi connectivity index (χ1) is 12.7. The maximum absolute atomic E-state index is 12.6. The molecule has 1 aromatic heterocycles. The maximum Gasteiger partial charge on any atom is 0.260 e. The molecule has 0 radical (unpaired) electrons. The lowest BCUT2D eigenvalue weighted by Crippen LogP contribution is -2.30. The number of carbonyl (C=O) groups excluding carboxylic acids is 1. The van der Waals surface area contributed by atoms with Gasteiger partial charge in [0.15, 0.2) is 5.84 Å². The van der Waals surface area contributed by atoms with Crippen molar-refractivity contribution in [2.75, 3.05) is 18.5 Å². The second-order valence-electron chi connectivity index (χ2n) is 5.60. The fourth-order valence-corrected chi connectivity index (χ4v) is 2.50. The summed E-state index contributed by atoms with van der Waals surface area (Å²) in [6.45, 7) is 0.812. The van der Waals surface area contributed by atoms with E-state index in [9.17, 15) is 4.79 Å². The number of ether oxygens (including phenoxy) is 1. The van der Waals surface area contributed by atoms with Crippen molar-refractivity contribution in [3.8, 4) is 5.75 Å². The summed E-state index contributed by atoms with van der Waals surface area (Å²) in [4.78, 5) is 18.4. The third-order valence-corrected chi connectivity index (χ3v) is 3.82. The van der Waals surface area contributed by atoms with Gasteiger partial charge in [0.25, 0.3) is 5.91 Å². The van der Waals surface area contributed by atoms with E-state index in [-0.39, 0.29) is 11.7 Å². The van der Waals surface area contributed by atoms with Gasteiger partial charge in [0, 0.05) is 6.54 Å². The Kier molecular flexibility index (Phi) is 5.38. The highest BCUT2D eigenvalue weighted by atomic mass is 16.5. The molecule has 0 spiro atoms. The molecular formula is C19H19N5O2. The molecule has 0 unspecified atom stereocenters. The number of hydrogen-bond donors (Lipinski definition) is 3. The molecule has 7 heteroatoms. The highest BCUT2D eigenvalue weighted by molar-refractivity contribution is 6.06. The summed E-state index contributed by atoms with van der Waals surface area (Å²) in [5.41, 5.74) is 0.800. The van der Waals surface area contributed by atoms with Crippen molar-refractivity contribution in [3.63, 3.8) is 0 Å². The van der Waals surface area contributed by atoms with Gasteiger partial charge in [-0.3, -0.25) is 15.6 Å². The average Bonchev–Trinajstić information content (AvgIpc) is 2.67.